The highest BCUT2D eigenvalue weighted by Crippen LogP contribution is 2.13. The summed E-state index contributed by atoms with van der Waals surface area (Å²) in [6.45, 7) is 0.839. The van der Waals surface area contributed by atoms with Gasteiger partial charge < -0.3 is 10.0 Å². The molecule has 17 heavy (non-hydrogen) atoms. The van der Waals surface area contributed by atoms with Crippen LogP contribution in [0.5, 0.6) is 0 Å². The van der Waals surface area contributed by atoms with Crippen LogP contribution in [0.4, 0.5) is 8.78 Å². The number of benzene rings is 1. The van der Waals surface area contributed by atoms with Gasteiger partial charge in [-0.25, -0.2) is 8.78 Å². The van der Waals surface area contributed by atoms with Crippen LogP contribution in [0.3, 0.4) is 0 Å². The molecule has 2 rings (SSSR count). The standard InChI is InChI=1S/C12H13F2NO2/c13-10-2-1-8(5-11(10)14)6-12(17)15-4-3-9(16)7-15/h1-2,5,9,16H,3-4,6-7H2/t9-/m1/s1. The molecule has 1 amide bonds. The van der Waals surface area contributed by atoms with Crippen LogP contribution >= 0.6 is 0 Å². The van der Waals surface area contributed by atoms with Gasteiger partial charge in [-0.05, 0) is 24.1 Å². The smallest absolute Gasteiger partial charge is 0.227 e. The molecule has 0 spiro atoms. The molecule has 1 N–H and O–H groups in total. The molecular weight excluding hydrogens is 228 g/mol. The van der Waals surface area contributed by atoms with Crippen molar-refractivity contribution in [3.8, 4) is 0 Å². The molecule has 5 heteroatoms. The van der Waals surface area contributed by atoms with Gasteiger partial charge in [-0.3, -0.25) is 4.79 Å². The highest BCUT2D eigenvalue weighted by molar-refractivity contribution is 5.79. The van der Waals surface area contributed by atoms with Crippen molar-refractivity contribution in [2.75, 3.05) is 13.1 Å². The van der Waals surface area contributed by atoms with Gasteiger partial charge in [0.15, 0.2) is 11.6 Å². The van der Waals surface area contributed by atoms with E-state index >= 15 is 0 Å². The number of likely N-dealkylation sites (tertiary alicyclic amines) is 1. The highest BCUT2D eigenvalue weighted by Gasteiger charge is 2.24. The number of carbonyl (C=O) groups is 1. The summed E-state index contributed by atoms with van der Waals surface area (Å²) < 4.78 is 25.6. The van der Waals surface area contributed by atoms with Crippen molar-refractivity contribution >= 4 is 5.91 Å². The van der Waals surface area contributed by atoms with Crippen LogP contribution in [-0.2, 0) is 11.2 Å². The Morgan fingerprint density at radius 2 is 2.18 bits per heavy atom. The van der Waals surface area contributed by atoms with Gasteiger partial charge in [-0.15, -0.1) is 0 Å². The summed E-state index contributed by atoms with van der Waals surface area (Å²) in [6, 6.07) is 3.43. The van der Waals surface area contributed by atoms with E-state index in [4.69, 9.17) is 0 Å². The molecule has 1 fully saturated rings. The van der Waals surface area contributed by atoms with Crippen molar-refractivity contribution in [2.24, 2.45) is 0 Å². The molecular formula is C12H13F2NO2. The topological polar surface area (TPSA) is 40.5 Å². The number of hydrogen-bond donors (Lipinski definition) is 1. The Morgan fingerprint density at radius 3 is 2.76 bits per heavy atom. The van der Waals surface area contributed by atoms with Crippen LogP contribution in [-0.4, -0.2) is 35.1 Å². The second kappa shape index (κ2) is 4.79. The molecule has 92 valence electrons. The quantitative estimate of drug-likeness (QED) is 0.842. The van der Waals surface area contributed by atoms with Gasteiger partial charge in [0.2, 0.25) is 5.91 Å². The monoisotopic (exact) mass is 241 g/mol. The SMILES string of the molecule is O=C(Cc1ccc(F)c(F)c1)N1CC[C@@H](O)C1. The second-order valence-electron chi connectivity index (χ2n) is 4.21. The Bertz CT molecular complexity index is 437. The van der Waals surface area contributed by atoms with E-state index in [0.717, 1.165) is 12.1 Å². The maximum absolute atomic E-state index is 12.9. The Labute approximate surface area is 97.7 Å². The fourth-order valence-corrected chi connectivity index (χ4v) is 1.90. The third kappa shape index (κ3) is 2.79. The van der Waals surface area contributed by atoms with E-state index in [1.165, 1.54) is 11.0 Å². The predicted molar refractivity (Wildman–Crippen MR) is 57.3 cm³/mol. The molecule has 0 aromatic heterocycles. The van der Waals surface area contributed by atoms with Crippen molar-refractivity contribution in [2.45, 2.75) is 18.9 Å². The minimum Gasteiger partial charge on any atom is -0.391 e. The first-order chi connectivity index (χ1) is 8.06. The lowest BCUT2D eigenvalue weighted by atomic mass is 10.1. The van der Waals surface area contributed by atoms with Gasteiger partial charge in [-0.1, -0.05) is 6.07 Å². The number of aliphatic hydroxyl groups excluding tert-OH is 1. The molecule has 1 aromatic rings. The zero-order valence-electron chi connectivity index (χ0n) is 9.20. The van der Waals surface area contributed by atoms with Crippen LogP contribution in [0.15, 0.2) is 18.2 Å². The zero-order valence-corrected chi connectivity index (χ0v) is 9.20. The molecule has 1 atom stereocenters. The van der Waals surface area contributed by atoms with Crippen molar-refractivity contribution in [3.63, 3.8) is 0 Å². The van der Waals surface area contributed by atoms with Gasteiger partial charge in [0.1, 0.15) is 0 Å². The number of hydrogen-bond acceptors (Lipinski definition) is 2. The Hall–Kier alpha value is -1.49. The van der Waals surface area contributed by atoms with E-state index in [2.05, 4.69) is 0 Å². The first-order valence-electron chi connectivity index (χ1n) is 5.46. The molecule has 0 aliphatic carbocycles. The first kappa shape index (κ1) is 12.0. The molecule has 1 saturated heterocycles. The van der Waals surface area contributed by atoms with Crippen LogP contribution in [0, 0.1) is 11.6 Å². The van der Waals surface area contributed by atoms with E-state index < -0.39 is 17.7 Å². The third-order valence-electron chi connectivity index (χ3n) is 2.86. The van der Waals surface area contributed by atoms with Crippen molar-refractivity contribution in [1.82, 2.24) is 4.90 Å². The molecule has 0 radical (unpaired) electrons. The summed E-state index contributed by atoms with van der Waals surface area (Å²) in [7, 11) is 0. The van der Waals surface area contributed by atoms with E-state index in [9.17, 15) is 18.7 Å². The number of rotatable bonds is 2. The summed E-state index contributed by atoms with van der Waals surface area (Å²) in [4.78, 5) is 13.3. The average molecular weight is 241 g/mol. The van der Waals surface area contributed by atoms with Gasteiger partial charge in [0, 0.05) is 13.1 Å². The Kier molecular flexibility index (Phi) is 3.38. The molecule has 1 aromatic carbocycles. The second-order valence-corrected chi connectivity index (χ2v) is 4.21. The van der Waals surface area contributed by atoms with Crippen molar-refractivity contribution in [3.05, 3.63) is 35.4 Å². The maximum Gasteiger partial charge on any atom is 0.227 e. The minimum atomic E-state index is -0.947. The van der Waals surface area contributed by atoms with E-state index in [1.54, 1.807) is 0 Å². The van der Waals surface area contributed by atoms with Crippen LogP contribution in [0.1, 0.15) is 12.0 Å². The third-order valence-corrected chi connectivity index (χ3v) is 2.86. The van der Waals surface area contributed by atoms with E-state index in [-0.39, 0.29) is 12.3 Å². The van der Waals surface area contributed by atoms with Gasteiger partial charge >= 0.3 is 0 Å². The number of aliphatic hydroxyl groups is 1. The highest BCUT2D eigenvalue weighted by atomic mass is 19.2. The number of amides is 1. The Morgan fingerprint density at radius 1 is 1.41 bits per heavy atom. The number of halogens is 2. The van der Waals surface area contributed by atoms with Crippen LogP contribution < -0.4 is 0 Å². The molecule has 0 saturated carbocycles. The van der Waals surface area contributed by atoms with Crippen LogP contribution in [0.25, 0.3) is 0 Å². The lowest BCUT2D eigenvalue weighted by molar-refractivity contribution is -0.129. The molecule has 0 bridgehead atoms. The Balaban J connectivity index is 2.00. The first-order valence-corrected chi connectivity index (χ1v) is 5.46. The number of carbonyl (C=O) groups excluding carboxylic acids is 1. The number of nitrogens with zero attached hydrogens (tertiary/aromatic N) is 1. The summed E-state index contributed by atoms with van der Waals surface area (Å²) in [5, 5.41) is 9.29. The number of β-amino-alcohol motifs (C(OH)–C–C–N with tert-alkyl or cyclic N) is 1. The van der Waals surface area contributed by atoms with Crippen molar-refractivity contribution < 1.29 is 18.7 Å². The maximum atomic E-state index is 12.9. The average Bonchev–Trinajstić information content (AvgIpc) is 2.70. The molecule has 0 unspecified atom stereocenters. The molecule has 1 heterocycles. The predicted octanol–water partition coefficient (Wildman–Crippen LogP) is 1.10. The van der Waals surface area contributed by atoms with E-state index in [0.29, 0.717) is 25.1 Å². The molecule has 1 aliphatic rings. The van der Waals surface area contributed by atoms with Gasteiger partial charge in [0.05, 0.1) is 12.5 Å². The lowest BCUT2D eigenvalue weighted by Crippen LogP contribution is -2.30. The van der Waals surface area contributed by atoms with Gasteiger partial charge in [0.25, 0.3) is 0 Å². The molecule has 3 nitrogen and oxygen atoms in total. The summed E-state index contributed by atoms with van der Waals surface area (Å²) in [5.74, 6) is -2.04. The fraction of sp³-hybridized carbons (Fsp3) is 0.417. The lowest BCUT2D eigenvalue weighted by Gasteiger charge is -2.15. The normalized spacial score (nSPS) is 19.7. The van der Waals surface area contributed by atoms with Gasteiger partial charge in [-0.2, -0.15) is 0 Å². The molecule has 1 aliphatic heterocycles. The van der Waals surface area contributed by atoms with Crippen LogP contribution in [0.2, 0.25) is 0 Å². The summed E-state index contributed by atoms with van der Waals surface area (Å²) in [5.41, 5.74) is 0.440. The van der Waals surface area contributed by atoms with E-state index in [1.807, 2.05) is 0 Å². The summed E-state index contributed by atoms with van der Waals surface area (Å²) >= 11 is 0. The summed E-state index contributed by atoms with van der Waals surface area (Å²) in [6.07, 6.45) is 0.136. The minimum absolute atomic E-state index is 0.0317. The zero-order chi connectivity index (χ0) is 12.4. The largest absolute Gasteiger partial charge is 0.391 e. The fourth-order valence-electron chi connectivity index (χ4n) is 1.90. The van der Waals surface area contributed by atoms with Crippen molar-refractivity contribution in [1.29, 1.82) is 0 Å².